The molecule has 1 spiro atoms. The molecule has 0 atom stereocenters. The lowest BCUT2D eigenvalue weighted by Crippen LogP contribution is -2.63. The molecule has 176 valence electrons. The average molecular weight is 460 g/mol. The number of urea groups is 1. The maximum absolute atomic E-state index is 13.3. The van der Waals surface area contributed by atoms with Crippen LogP contribution in [0.5, 0.6) is 0 Å². The number of hydrogen-bond acceptors (Lipinski definition) is 2. The van der Waals surface area contributed by atoms with Gasteiger partial charge in [-0.05, 0) is 69.5 Å². The second-order valence-electron chi connectivity index (χ2n) is 9.48. The minimum atomic E-state index is -4.51. The van der Waals surface area contributed by atoms with Gasteiger partial charge in [-0.1, -0.05) is 18.2 Å². The third-order valence-electron chi connectivity index (χ3n) is 7.43. The zero-order chi connectivity index (χ0) is 24.2. The fraction of sp³-hybridized carbons (Fsp3) is 0.440. The summed E-state index contributed by atoms with van der Waals surface area (Å²) in [7, 11) is 1.79. The Hall–Kier alpha value is -3.03. The van der Waals surface area contributed by atoms with E-state index in [9.17, 15) is 22.8 Å². The first-order valence-corrected chi connectivity index (χ1v) is 11.0. The van der Waals surface area contributed by atoms with Gasteiger partial charge in [-0.25, -0.2) is 4.79 Å². The highest BCUT2D eigenvalue weighted by Crippen LogP contribution is 2.49. The van der Waals surface area contributed by atoms with Crippen molar-refractivity contribution in [1.29, 1.82) is 0 Å². The van der Waals surface area contributed by atoms with Gasteiger partial charge < -0.3 is 9.80 Å². The van der Waals surface area contributed by atoms with Crippen molar-refractivity contribution in [3.05, 3.63) is 65.2 Å². The molecule has 0 aromatic heterocycles. The zero-order valence-corrected chi connectivity index (χ0v) is 19.2. The van der Waals surface area contributed by atoms with E-state index >= 15 is 0 Å². The standard InChI is InChI=1S/C25H28F3N3O2/c1-17-14-18(16-19(15-17)25(26,27)28)21(32)30-12-10-24(11-13-30)23(2,3)29(4)22(33)31(24)20-8-6-5-7-9-20/h5-9,14-16H,10-13H2,1-4H3. The van der Waals surface area contributed by atoms with Crippen LogP contribution in [0, 0.1) is 6.92 Å². The van der Waals surface area contributed by atoms with Gasteiger partial charge in [0, 0.05) is 31.4 Å². The van der Waals surface area contributed by atoms with Crippen molar-refractivity contribution in [2.75, 3.05) is 25.0 Å². The first kappa shape index (κ1) is 23.1. The van der Waals surface area contributed by atoms with Crippen molar-refractivity contribution in [3.63, 3.8) is 0 Å². The molecule has 2 aliphatic heterocycles. The van der Waals surface area contributed by atoms with E-state index in [1.807, 2.05) is 49.1 Å². The molecule has 2 aromatic rings. The molecule has 2 aromatic carbocycles. The van der Waals surface area contributed by atoms with Crippen molar-refractivity contribution < 1.29 is 22.8 Å². The van der Waals surface area contributed by atoms with Gasteiger partial charge in [0.1, 0.15) is 0 Å². The third kappa shape index (κ3) is 3.65. The van der Waals surface area contributed by atoms with E-state index in [1.54, 1.807) is 23.8 Å². The highest BCUT2D eigenvalue weighted by Gasteiger charge is 2.62. The quantitative estimate of drug-likeness (QED) is 0.609. The molecular formula is C25H28F3N3O2. The van der Waals surface area contributed by atoms with E-state index < -0.39 is 28.7 Å². The fourth-order valence-electron chi connectivity index (χ4n) is 5.26. The van der Waals surface area contributed by atoms with E-state index in [4.69, 9.17) is 0 Å². The molecule has 33 heavy (non-hydrogen) atoms. The molecule has 3 amide bonds. The van der Waals surface area contributed by atoms with Crippen molar-refractivity contribution >= 4 is 17.6 Å². The minimum Gasteiger partial charge on any atom is -0.338 e. The summed E-state index contributed by atoms with van der Waals surface area (Å²) in [5.41, 5.74) is -0.632. The summed E-state index contributed by atoms with van der Waals surface area (Å²) < 4.78 is 39.7. The number of rotatable bonds is 2. The molecular weight excluding hydrogens is 431 g/mol. The molecule has 0 unspecified atom stereocenters. The van der Waals surface area contributed by atoms with E-state index in [0.29, 0.717) is 31.5 Å². The summed E-state index contributed by atoms with van der Waals surface area (Å²) in [4.78, 5) is 31.6. The number of piperidine rings is 1. The van der Waals surface area contributed by atoms with Crippen molar-refractivity contribution in [3.8, 4) is 0 Å². The second-order valence-corrected chi connectivity index (χ2v) is 9.48. The van der Waals surface area contributed by atoms with Crippen LogP contribution in [0.2, 0.25) is 0 Å². The molecule has 5 nitrogen and oxygen atoms in total. The second kappa shape index (κ2) is 7.78. The van der Waals surface area contributed by atoms with Gasteiger partial charge in [-0.2, -0.15) is 13.2 Å². The molecule has 2 heterocycles. The third-order valence-corrected chi connectivity index (χ3v) is 7.43. The van der Waals surface area contributed by atoms with Crippen LogP contribution in [0.4, 0.5) is 23.7 Å². The van der Waals surface area contributed by atoms with Crippen LogP contribution in [0.25, 0.3) is 0 Å². The first-order valence-electron chi connectivity index (χ1n) is 11.0. The smallest absolute Gasteiger partial charge is 0.338 e. The highest BCUT2D eigenvalue weighted by atomic mass is 19.4. The Morgan fingerprint density at radius 1 is 1.00 bits per heavy atom. The van der Waals surface area contributed by atoms with Crippen molar-refractivity contribution in [2.24, 2.45) is 0 Å². The summed E-state index contributed by atoms with van der Waals surface area (Å²) in [6.07, 6.45) is -3.47. The number of anilines is 1. The maximum Gasteiger partial charge on any atom is 0.416 e. The number of halogens is 3. The Bertz CT molecular complexity index is 1070. The monoisotopic (exact) mass is 459 g/mol. The van der Waals surface area contributed by atoms with Crippen LogP contribution in [0.3, 0.4) is 0 Å². The number of carbonyl (C=O) groups excluding carboxylic acids is 2. The van der Waals surface area contributed by atoms with Crippen LogP contribution in [0.1, 0.15) is 48.2 Å². The zero-order valence-electron chi connectivity index (χ0n) is 19.2. The fourth-order valence-corrected chi connectivity index (χ4v) is 5.26. The molecule has 0 saturated carbocycles. The van der Waals surface area contributed by atoms with Gasteiger partial charge in [0.05, 0.1) is 16.6 Å². The van der Waals surface area contributed by atoms with Gasteiger partial charge in [0.15, 0.2) is 0 Å². The summed E-state index contributed by atoms with van der Waals surface area (Å²) in [6, 6.07) is 12.8. The summed E-state index contributed by atoms with van der Waals surface area (Å²) >= 11 is 0. The Labute approximate surface area is 191 Å². The van der Waals surface area contributed by atoms with Gasteiger partial charge in [-0.15, -0.1) is 0 Å². The van der Waals surface area contributed by atoms with Gasteiger partial charge in [0.25, 0.3) is 5.91 Å². The molecule has 2 fully saturated rings. The number of likely N-dealkylation sites (N-methyl/N-ethyl adjacent to an activating group) is 1. The Kier molecular flexibility index (Phi) is 5.46. The summed E-state index contributed by atoms with van der Waals surface area (Å²) in [5.74, 6) is -0.416. The molecule has 2 saturated heterocycles. The number of aryl methyl sites for hydroxylation is 1. The number of likely N-dealkylation sites (tertiary alicyclic amines) is 1. The minimum absolute atomic E-state index is 0.0390. The summed E-state index contributed by atoms with van der Waals surface area (Å²) in [6.45, 7) is 6.31. The summed E-state index contributed by atoms with van der Waals surface area (Å²) in [5, 5.41) is 0. The lowest BCUT2D eigenvalue weighted by molar-refractivity contribution is -0.137. The largest absolute Gasteiger partial charge is 0.416 e. The lowest BCUT2D eigenvalue weighted by atomic mass is 9.72. The van der Waals surface area contributed by atoms with Gasteiger partial charge in [-0.3, -0.25) is 9.69 Å². The van der Waals surface area contributed by atoms with E-state index in [-0.39, 0.29) is 11.6 Å². The molecule has 0 bridgehead atoms. The van der Waals surface area contributed by atoms with E-state index in [1.165, 1.54) is 6.07 Å². The molecule has 0 radical (unpaired) electrons. The van der Waals surface area contributed by atoms with Gasteiger partial charge in [0.2, 0.25) is 0 Å². The van der Waals surface area contributed by atoms with Crippen LogP contribution in [-0.4, -0.2) is 53.0 Å². The number of carbonyl (C=O) groups is 2. The SMILES string of the molecule is Cc1cc(C(=O)N2CCC3(CC2)N(c2ccccc2)C(=O)N(C)C3(C)C)cc(C(F)(F)F)c1. The molecule has 8 heteroatoms. The molecule has 2 aliphatic rings. The average Bonchev–Trinajstić information content (AvgIpc) is 2.91. The number of amides is 3. The normalized spacial score (nSPS) is 20.0. The number of hydrogen-bond donors (Lipinski definition) is 0. The lowest BCUT2D eigenvalue weighted by Gasteiger charge is -2.50. The molecule has 0 aliphatic carbocycles. The Morgan fingerprint density at radius 3 is 2.18 bits per heavy atom. The first-order chi connectivity index (χ1) is 15.4. The topological polar surface area (TPSA) is 43.9 Å². The van der Waals surface area contributed by atoms with Crippen LogP contribution in [0.15, 0.2) is 48.5 Å². The maximum atomic E-state index is 13.3. The van der Waals surface area contributed by atoms with E-state index in [2.05, 4.69) is 0 Å². The number of benzene rings is 2. The van der Waals surface area contributed by atoms with Crippen molar-refractivity contribution in [1.82, 2.24) is 9.80 Å². The van der Waals surface area contributed by atoms with Crippen LogP contribution < -0.4 is 4.90 Å². The number of nitrogens with zero attached hydrogens (tertiary/aromatic N) is 3. The number of alkyl halides is 3. The molecule has 0 N–H and O–H groups in total. The van der Waals surface area contributed by atoms with Gasteiger partial charge >= 0.3 is 12.2 Å². The predicted octanol–water partition coefficient (Wildman–Crippen LogP) is 5.34. The Balaban J connectivity index is 1.63. The van der Waals surface area contributed by atoms with Crippen molar-refractivity contribution in [2.45, 2.75) is 50.9 Å². The van der Waals surface area contributed by atoms with E-state index in [0.717, 1.165) is 17.8 Å². The molecule has 4 rings (SSSR count). The number of para-hydroxylation sites is 1. The Morgan fingerprint density at radius 2 is 1.61 bits per heavy atom. The predicted molar refractivity (Wildman–Crippen MR) is 120 cm³/mol. The van der Waals surface area contributed by atoms with Crippen LogP contribution >= 0.6 is 0 Å². The van der Waals surface area contributed by atoms with Crippen LogP contribution in [-0.2, 0) is 6.18 Å². The highest BCUT2D eigenvalue weighted by molar-refractivity contribution is 5.98.